The SMILES string of the molecule is CCC[SiH][SiH3]. The highest BCUT2D eigenvalue weighted by molar-refractivity contribution is 6.89. The molecule has 2 heteroatoms. The molecule has 0 N–H and O–H groups in total. The average molecular weight is 103 g/mol. The second kappa shape index (κ2) is 4.43. The third kappa shape index (κ3) is 4.43. The van der Waals surface area contributed by atoms with E-state index in [1.165, 1.54) is 22.2 Å². The first-order chi connectivity index (χ1) is 2.41. The van der Waals surface area contributed by atoms with Crippen LogP contribution in [0, 0.1) is 0 Å². The molecule has 31 valence electrons. The normalized spacial score (nSPS) is 9.00. The van der Waals surface area contributed by atoms with Crippen LogP contribution in [0.5, 0.6) is 0 Å². The Balaban J connectivity index is 2.19. The first-order valence-electron chi connectivity index (χ1n) is 2.19. The van der Waals surface area contributed by atoms with Crippen molar-refractivity contribution in [2.45, 2.75) is 19.4 Å². The van der Waals surface area contributed by atoms with Gasteiger partial charge in [0.05, 0.1) is 0 Å². The van der Waals surface area contributed by atoms with Crippen LogP contribution in [0.2, 0.25) is 6.04 Å². The molecule has 5 heavy (non-hydrogen) atoms. The lowest BCUT2D eigenvalue weighted by atomic mass is 10.6. The van der Waals surface area contributed by atoms with Crippen molar-refractivity contribution >= 4 is 18.8 Å². The maximum atomic E-state index is 2.25. The van der Waals surface area contributed by atoms with Crippen molar-refractivity contribution in [1.29, 1.82) is 0 Å². The highest BCUT2D eigenvalue weighted by Crippen LogP contribution is 1.78. The first-order valence-corrected chi connectivity index (χ1v) is 7.63. The fraction of sp³-hybridized carbons (Fsp3) is 1.00. The molecule has 0 nitrogen and oxygen atoms in total. The Morgan fingerprint density at radius 1 is 1.80 bits per heavy atom. The van der Waals surface area contributed by atoms with Gasteiger partial charge in [0.15, 0.2) is 0 Å². The maximum Gasteiger partial charge on any atom is 0.00942 e. The van der Waals surface area contributed by atoms with Gasteiger partial charge in [-0.2, -0.15) is 0 Å². The second-order valence-electron chi connectivity index (χ2n) is 1.20. The zero-order valence-electron chi connectivity index (χ0n) is 3.99. The molecule has 0 bridgehead atoms. The molecule has 0 saturated heterocycles. The van der Waals surface area contributed by atoms with E-state index in [4.69, 9.17) is 0 Å². The van der Waals surface area contributed by atoms with Crippen LogP contribution in [0.3, 0.4) is 0 Å². The third-order valence-corrected chi connectivity index (χ3v) is 3.46. The van der Waals surface area contributed by atoms with E-state index in [0.717, 1.165) is 9.04 Å². The van der Waals surface area contributed by atoms with Crippen LogP contribution in [0.15, 0.2) is 0 Å². The van der Waals surface area contributed by atoms with Crippen molar-refractivity contribution in [3.05, 3.63) is 0 Å². The topological polar surface area (TPSA) is 0 Å². The number of hydrogen-bond acceptors (Lipinski definition) is 0. The molecule has 0 aromatic rings. The highest BCUT2D eigenvalue weighted by Gasteiger charge is 1.69. The maximum absolute atomic E-state index is 2.25. The Kier molecular flexibility index (Phi) is 4.82. The summed E-state index contributed by atoms with van der Waals surface area (Å²) in [7, 11) is 2.41. The van der Waals surface area contributed by atoms with E-state index in [2.05, 4.69) is 6.92 Å². The average Bonchev–Trinajstić information content (AvgIpc) is 1.41. The van der Waals surface area contributed by atoms with Gasteiger partial charge in [0.25, 0.3) is 0 Å². The predicted octanol–water partition coefficient (Wildman–Crippen LogP) is -0.468. The van der Waals surface area contributed by atoms with Gasteiger partial charge in [-0.1, -0.05) is 19.4 Å². The molecule has 0 heterocycles. The molecule has 0 aromatic heterocycles. The van der Waals surface area contributed by atoms with Crippen molar-refractivity contribution < 1.29 is 0 Å². The zero-order chi connectivity index (χ0) is 4.12. The van der Waals surface area contributed by atoms with Crippen LogP contribution in [0.25, 0.3) is 0 Å². The van der Waals surface area contributed by atoms with E-state index >= 15 is 0 Å². The molecule has 0 spiro atoms. The van der Waals surface area contributed by atoms with E-state index in [1.54, 1.807) is 0 Å². The second-order valence-corrected chi connectivity index (χ2v) is 5.04. The highest BCUT2D eigenvalue weighted by atomic mass is 29.1. The van der Waals surface area contributed by atoms with Gasteiger partial charge in [-0.15, -0.1) is 0 Å². The summed E-state index contributed by atoms with van der Waals surface area (Å²) in [6.07, 6.45) is 1.42. The summed E-state index contributed by atoms with van der Waals surface area (Å²) in [5, 5.41) is 0. The largest absolute Gasteiger partial charge is 0.0657 e. The summed E-state index contributed by atoms with van der Waals surface area (Å²) in [6.45, 7) is 2.25. The summed E-state index contributed by atoms with van der Waals surface area (Å²) in [6, 6.07) is 1.53. The van der Waals surface area contributed by atoms with Crippen LogP contribution < -0.4 is 0 Å². The van der Waals surface area contributed by atoms with Crippen molar-refractivity contribution in [3.63, 3.8) is 0 Å². The van der Waals surface area contributed by atoms with Crippen LogP contribution in [-0.4, -0.2) is 18.8 Å². The van der Waals surface area contributed by atoms with Gasteiger partial charge in [-0.05, 0) is 9.76 Å². The lowest BCUT2D eigenvalue weighted by Crippen LogP contribution is -1.82. The molecule has 0 aliphatic heterocycles. The monoisotopic (exact) mass is 103 g/mol. The number of hydrogen-bond donors (Lipinski definition) is 0. The van der Waals surface area contributed by atoms with Crippen molar-refractivity contribution in [3.8, 4) is 0 Å². The molecular weight excluding hydrogens is 92.2 g/mol. The summed E-state index contributed by atoms with van der Waals surface area (Å²) in [5.74, 6) is 0. The zero-order valence-corrected chi connectivity index (χ0v) is 7.15. The van der Waals surface area contributed by atoms with Gasteiger partial charge in [-0.25, -0.2) is 0 Å². The van der Waals surface area contributed by atoms with E-state index in [0.29, 0.717) is 0 Å². The molecule has 0 saturated carbocycles. The fourth-order valence-corrected chi connectivity index (χ4v) is 2.60. The van der Waals surface area contributed by atoms with Crippen molar-refractivity contribution in [1.82, 2.24) is 0 Å². The molecule has 0 aliphatic carbocycles. The minimum Gasteiger partial charge on any atom is -0.0657 e. The minimum absolute atomic E-state index is 0.925. The third-order valence-electron chi connectivity index (χ3n) is 0.577. The van der Waals surface area contributed by atoms with Crippen molar-refractivity contribution in [2.24, 2.45) is 0 Å². The van der Waals surface area contributed by atoms with E-state index in [9.17, 15) is 0 Å². The summed E-state index contributed by atoms with van der Waals surface area (Å²) in [5.41, 5.74) is 0. The van der Waals surface area contributed by atoms with E-state index in [-0.39, 0.29) is 0 Å². The van der Waals surface area contributed by atoms with Gasteiger partial charge in [0, 0.05) is 9.04 Å². The Hall–Kier alpha value is 0.434. The summed E-state index contributed by atoms with van der Waals surface area (Å²) in [4.78, 5) is 0. The molecule has 0 aromatic carbocycles. The Labute approximate surface area is 39.0 Å². The van der Waals surface area contributed by atoms with Crippen LogP contribution in [0.4, 0.5) is 0 Å². The Morgan fingerprint density at radius 3 is 2.40 bits per heavy atom. The Morgan fingerprint density at radius 2 is 2.40 bits per heavy atom. The van der Waals surface area contributed by atoms with E-state index in [1.807, 2.05) is 0 Å². The van der Waals surface area contributed by atoms with Gasteiger partial charge >= 0.3 is 0 Å². The lowest BCUT2D eigenvalue weighted by Gasteiger charge is -1.77. The molecule has 0 amide bonds. The summed E-state index contributed by atoms with van der Waals surface area (Å²) >= 11 is 0. The minimum atomic E-state index is 0.925. The molecule has 0 atom stereocenters. The molecule has 0 unspecified atom stereocenters. The smallest absolute Gasteiger partial charge is 0.00942 e. The first kappa shape index (κ1) is 5.43. The lowest BCUT2D eigenvalue weighted by molar-refractivity contribution is 1.08. The molecule has 1 radical (unpaired) electrons. The molecule has 0 aliphatic rings. The van der Waals surface area contributed by atoms with Crippen LogP contribution >= 0.6 is 0 Å². The molecule has 0 fully saturated rings. The quantitative estimate of drug-likeness (QED) is 0.415. The van der Waals surface area contributed by atoms with Gasteiger partial charge in [0.1, 0.15) is 0 Å². The Bertz CT molecular complexity index is 12.4. The van der Waals surface area contributed by atoms with Gasteiger partial charge in [-0.3, -0.25) is 0 Å². The van der Waals surface area contributed by atoms with Gasteiger partial charge < -0.3 is 0 Å². The van der Waals surface area contributed by atoms with Gasteiger partial charge in [0.2, 0.25) is 0 Å². The van der Waals surface area contributed by atoms with Crippen molar-refractivity contribution in [2.75, 3.05) is 0 Å². The predicted molar refractivity (Wildman–Crippen MR) is 32.2 cm³/mol. The number of rotatable bonds is 2. The van der Waals surface area contributed by atoms with Crippen LogP contribution in [-0.2, 0) is 0 Å². The van der Waals surface area contributed by atoms with Crippen LogP contribution in [0.1, 0.15) is 13.3 Å². The van der Waals surface area contributed by atoms with E-state index < -0.39 is 0 Å². The fourth-order valence-electron chi connectivity index (χ4n) is 0.289. The molecule has 0 rings (SSSR count). The molecular formula is C3H11Si2. The standard InChI is InChI=1S/C3H11Si2/c1-2-3-5-4/h5H,2-3H2,1,4H3. The summed E-state index contributed by atoms with van der Waals surface area (Å²) < 4.78 is 0.